The van der Waals surface area contributed by atoms with E-state index in [9.17, 15) is 8.78 Å². The summed E-state index contributed by atoms with van der Waals surface area (Å²) in [7, 11) is 0. The van der Waals surface area contributed by atoms with Gasteiger partial charge in [-0.2, -0.15) is 0 Å². The molecule has 0 amide bonds. The van der Waals surface area contributed by atoms with Crippen LogP contribution in [0.25, 0.3) is 0 Å². The largest absolute Gasteiger partial charge is 0.326 e. The maximum absolute atomic E-state index is 12.6. The van der Waals surface area contributed by atoms with Crippen molar-refractivity contribution in [3.05, 3.63) is 0 Å². The highest BCUT2D eigenvalue weighted by atomic mass is 35.5. The number of alkyl halides is 2. The molecule has 0 aromatic heterocycles. The lowest BCUT2D eigenvalue weighted by molar-refractivity contribution is -0.0578. The van der Waals surface area contributed by atoms with Crippen LogP contribution in [0.1, 0.15) is 19.3 Å². The van der Waals surface area contributed by atoms with Crippen molar-refractivity contribution in [3.63, 3.8) is 0 Å². The van der Waals surface area contributed by atoms with Crippen molar-refractivity contribution in [1.29, 1.82) is 0 Å². The van der Waals surface area contributed by atoms with Crippen LogP contribution in [0, 0.1) is 0 Å². The first-order valence-corrected chi connectivity index (χ1v) is 3.43. The molecule has 0 aromatic carbocycles. The molecule has 1 aliphatic rings. The fraction of sp³-hybridized carbons (Fsp3) is 1.00. The number of halogens is 3. The third kappa shape index (κ3) is 2.25. The van der Waals surface area contributed by atoms with Crippen LogP contribution in [0.5, 0.6) is 0 Å². The van der Waals surface area contributed by atoms with E-state index in [1.807, 2.05) is 0 Å². The molecule has 5 heteroatoms. The van der Waals surface area contributed by atoms with Gasteiger partial charge in [-0.25, -0.2) is 8.78 Å². The summed E-state index contributed by atoms with van der Waals surface area (Å²) in [6.45, 7) is 0. The van der Waals surface area contributed by atoms with E-state index in [4.69, 9.17) is 11.5 Å². The van der Waals surface area contributed by atoms with E-state index >= 15 is 0 Å². The molecule has 68 valence electrons. The van der Waals surface area contributed by atoms with Gasteiger partial charge in [0, 0.05) is 12.5 Å². The molecule has 1 aliphatic carbocycles. The molecule has 0 bridgehead atoms. The van der Waals surface area contributed by atoms with E-state index in [0.717, 1.165) is 0 Å². The molecule has 4 N–H and O–H groups in total. The molecule has 2 atom stereocenters. The SMILES string of the molecule is Cl.NC1CCCC(F)(F)[C@H]1N. The molecule has 2 nitrogen and oxygen atoms in total. The summed E-state index contributed by atoms with van der Waals surface area (Å²) in [5.74, 6) is -2.74. The molecule has 0 heterocycles. The minimum Gasteiger partial charge on any atom is -0.326 e. The molecule has 1 rings (SSSR count). The maximum atomic E-state index is 12.6. The number of nitrogens with two attached hydrogens (primary N) is 2. The Morgan fingerprint density at radius 3 is 2.18 bits per heavy atom. The standard InChI is InChI=1S/C6H12F2N2.ClH/c7-6(8)3-1-2-4(9)5(6)10;/h4-5H,1-3,9-10H2;1H/t4?,5-;/m0./s1. The van der Waals surface area contributed by atoms with Crippen molar-refractivity contribution in [2.75, 3.05) is 0 Å². The summed E-state index contributed by atoms with van der Waals surface area (Å²) in [5, 5.41) is 0. The highest BCUT2D eigenvalue weighted by molar-refractivity contribution is 5.85. The first-order chi connectivity index (χ1) is 4.54. The van der Waals surface area contributed by atoms with Crippen molar-refractivity contribution in [2.24, 2.45) is 11.5 Å². The second-order valence-corrected chi connectivity index (χ2v) is 2.84. The quantitative estimate of drug-likeness (QED) is 0.590. The molecule has 11 heavy (non-hydrogen) atoms. The van der Waals surface area contributed by atoms with E-state index in [1.165, 1.54) is 0 Å². The van der Waals surface area contributed by atoms with E-state index in [2.05, 4.69) is 0 Å². The summed E-state index contributed by atoms with van der Waals surface area (Å²) in [6.07, 6.45) is 1.00. The van der Waals surface area contributed by atoms with Gasteiger partial charge in [0.25, 0.3) is 5.92 Å². The zero-order valence-electron chi connectivity index (χ0n) is 6.09. The van der Waals surface area contributed by atoms with Crippen molar-refractivity contribution in [3.8, 4) is 0 Å². The number of hydrogen-bond acceptors (Lipinski definition) is 2. The maximum Gasteiger partial charge on any atom is 0.264 e. The Morgan fingerprint density at radius 2 is 1.82 bits per heavy atom. The van der Waals surface area contributed by atoms with E-state index in [0.29, 0.717) is 12.8 Å². The van der Waals surface area contributed by atoms with Crippen molar-refractivity contribution in [1.82, 2.24) is 0 Å². The zero-order valence-corrected chi connectivity index (χ0v) is 6.91. The third-order valence-electron chi connectivity index (χ3n) is 2.00. The van der Waals surface area contributed by atoms with Crippen molar-refractivity contribution in [2.45, 2.75) is 37.3 Å². The smallest absolute Gasteiger partial charge is 0.264 e. The highest BCUT2D eigenvalue weighted by Gasteiger charge is 2.43. The molecule has 1 saturated carbocycles. The van der Waals surface area contributed by atoms with Gasteiger partial charge in [-0.3, -0.25) is 0 Å². The monoisotopic (exact) mass is 186 g/mol. The Balaban J connectivity index is 0.000001000. The van der Waals surface area contributed by atoms with Gasteiger partial charge in [-0.05, 0) is 12.8 Å². The zero-order chi connectivity index (χ0) is 7.78. The van der Waals surface area contributed by atoms with Gasteiger partial charge >= 0.3 is 0 Å². The Labute approximate surface area is 70.7 Å². The van der Waals surface area contributed by atoms with Crippen LogP contribution in [-0.4, -0.2) is 18.0 Å². The predicted octanol–water partition coefficient (Wildman–Crippen LogP) is 0.882. The second kappa shape index (κ2) is 3.65. The van der Waals surface area contributed by atoms with Crippen molar-refractivity contribution < 1.29 is 8.78 Å². The van der Waals surface area contributed by atoms with Gasteiger partial charge in [0.15, 0.2) is 0 Å². The highest BCUT2D eigenvalue weighted by Crippen LogP contribution is 2.31. The number of rotatable bonds is 0. The first kappa shape index (κ1) is 11.1. The van der Waals surface area contributed by atoms with Gasteiger partial charge in [-0.15, -0.1) is 12.4 Å². The Morgan fingerprint density at radius 1 is 1.27 bits per heavy atom. The number of hydrogen-bond donors (Lipinski definition) is 2. The van der Waals surface area contributed by atoms with Gasteiger partial charge in [-0.1, -0.05) is 0 Å². The summed E-state index contributed by atoms with van der Waals surface area (Å²) in [4.78, 5) is 0. The molecule has 1 unspecified atom stereocenters. The predicted molar refractivity (Wildman–Crippen MR) is 42.0 cm³/mol. The van der Waals surface area contributed by atoms with Gasteiger partial charge in [0.1, 0.15) is 0 Å². The van der Waals surface area contributed by atoms with Crippen LogP contribution in [0.4, 0.5) is 8.78 Å². The average Bonchev–Trinajstić information content (AvgIpc) is 1.83. The minimum atomic E-state index is -2.74. The lowest BCUT2D eigenvalue weighted by atomic mass is 9.88. The average molecular weight is 187 g/mol. The fourth-order valence-electron chi connectivity index (χ4n) is 1.23. The topological polar surface area (TPSA) is 52.0 Å². The summed E-state index contributed by atoms with van der Waals surface area (Å²) >= 11 is 0. The van der Waals surface area contributed by atoms with E-state index in [-0.39, 0.29) is 18.8 Å². The van der Waals surface area contributed by atoms with Crippen LogP contribution in [0.2, 0.25) is 0 Å². The first-order valence-electron chi connectivity index (χ1n) is 3.43. The fourth-order valence-corrected chi connectivity index (χ4v) is 1.23. The molecule has 1 fully saturated rings. The van der Waals surface area contributed by atoms with Crippen LogP contribution >= 0.6 is 12.4 Å². The van der Waals surface area contributed by atoms with Crippen LogP contribution < -0.4 is 11.5 Å². The molecular formula is C6H13ClF2N2. The molecule has 0 radical (unpaired) electrons. The summed E-state index contributed by atoms with van der Waals surface area (Å²) in [6, 6.07) is -1.66. The molecule has 0 spiro atoms. The van der Waals surface area contributed by atoms with E-state index < -0.39 is 18.0 Å². The van der Waals surface area contributed by atoms with Gasteiger partial charge < -0.3 is 11.5 Å². The Bertz CT molecular complexity index is 132. The normalized spacial score (nSPS) is 36.0. The Hall–Kier alpha value is 0.0700. The summed E-state index contributed by atoms with van der Waals surface area (Å²) in [5.41, 5.74) is 10.5. The second-order valence-electron chi connectivity index (χ2n) is 2.84. The van der Waals surface area contributed by atoms with Crippen LogP contribution in [-0.2, 0) is 0 Å². The van der Waals surface area contributed by atoms with E-state index in [1.54, 1.807) is 0 Å². The molecular weight excluding hydrogens is 174 g/mol. The van der Waals surface area contributed by atoms with Gasteiger partial charge in [0.05, 0.1) is 6.04 Å². The van der Waals surface area contributed by atoms with Gasteiger partial charge in [0.2, 0.25) is 0 Å². The lowest BCUT2D eigenvalue weighted by Gasteiger charge is -2.32. The van der Waals surface area contributed by atoms with Crippen molar-refractivity contribution >= 4 is 12.4 Å². The molecule has 0 aromatic rings. The van der Waals surface area contributed by atoms with Crippen LogP contribution in [0.15, 0.2) is 0 Å². The lowest BCUT2D eigenvalue weighted by Crippen LogP contribution is -2.55. The molecule has 0 saturated heterocycles. The molecule has 0 aliphatic heterocycles. The summed E-state index contributed by atoms with van der Waals surface area (Å²) < 4.78 is 25.3. The third-order valence-corrected chi connectivity index (χ3v) is 2.00. The minimum absolute atomic E-state index is 0. The van der Waals surface area contributed by atoms with Crippen LogP contribution in [0.3, 0.4) is 0 Å². The Kier molecular flexibility index (Phi) is 3.67.